The topological polar surface area (TPSA) is 68.5 Å². The molecule has 108 valence electrons. The molecule has 0 saturated heterocycles. The van der Waals surface area contributed by atoms with Crippen LogP contribution in [0.5, 0.6) is 0 Å². The van der Waals surface area contributed by atoms with Crippen LogP contribution in [0.25, 0.3) is 0 Å². The molecule has 20 heavy (non-hydrogen) atoms. The molecular weight excluding hydrogens is 302 g/mol. The Labute approximate surface area is 122 Å². The average molecular weight is 316 g/mol. The van der Waals surface area contributed by atoms with Gasteiger partial charge in [-0.15, -0.1) is 0 Å². The molecule has 2 rings (SSSR count). The highest BCUT2D eigenvalue weighted by Gasteiger charge is 2.13. The second-order valence-corrected chi connectivity index (χ2v) is 6.15. The predicted octanol–water partition coefficient (Wildman–Crippen LogP) is 2.78. The Bertz CT molecular complexity index is 623. The normalized spacial score (nSPS) is 11.7. The van der Waals surface area contributed by atoms with Gasteiger partial charge in [0, 0.05) is 11.4 Å². The molecule has 1 heterocycles. The summed E-state index contributed by atoms with van der Waals surface area (Å²) in [4.78, 5) is 7.15. The molecule has 2 aromatic rings. The Morgan fingerprint density at radius 3 is 2.60 bits per heavy atom. The minimum absolute atomic E-state index is 0.105. The molecule has 5 nitrogen and oxygen atoms in total. The van der Waals surface area contributed by atoms with Gasteiger partial charge in [-0.2, -0.15) is 0 Å². The first kappa shape index (κ1) is 15.1. The molecule has 0 amide bonds. The Balaban J connectivity index is 1.76. The first-order valence-corrected chi connectivity index (χ1v) is 7.85. The number of aryl methyl sites for hydroxylation is 1. The minimum atomic E-state index is -3.67. The maximum atomic E-state index is 11.8. The monoisotopic (exact) mass is 315 g/mol. The summed E-state index contributed by atoms with van der Waals surface area (Å²) < 4.78 is 28.8. The molecule has 0 spiro atoms. The Morgan fingerprint density at radius 2 is 1.95 bits per heavy atom. The average Bonchev–Trinajstić information content (AvgIpc) is 2.92. The summed E-state index contributed by atoms with van der Waals surface area (Å²) in [5.41, 5.74) is 0. The van der Waals surface area contributed by atoms with Crippen LogP contribution in [0.2, 0.25) is 5.02 Å². The molecule has 0 fully saturated rings. The number of halogens is 1. The van der Waals surface area contributed by atoms with Crippen LogP contribution in [0.15, 0.2) is 52.0 Å². The third-order valence-electron chi connectivity index (χ3n) is 2.54. The van der Waals surface area contributed by atoms with E-state index in [0.717, 1.165) is 5.76 Å². The summed E-state index contributed by atoms with van der Waals surface area (Å²) in [7, 11) is -3.67. The fraction of sp³-hybridized carbons (Fsp3) is 0.231. The first-order chi connectivity index (χ1) is 9.58. The van der Waals surface area contributed by atoms with Gasteiger partial charge in [0.25, 0.3) is 10.0 Å². The standard InChI is InChI=1S/C13H14ClNO4S/c14-11-5-7-13(8-6-11)20(16,17)15-19-10-2-4-12-3-1-9-18-12/h1,3,5-9,15H,2,4,10H2. The highest BCUT2D eigenvalue weighted by Crippen LogP contribution is 2.13. The molecular formula is C13H14ClNO4S. The molecule has 0 aliphatic heterocycles. The molecule has 7 heteroatoms. The van der Waals surface area contributed by atoms with Crippen molar-refractivity contribution in [2.24, 2.45) is 0 Å². The van der Waals surface area contributed by atoms with Crippen molar-refractivity contribution in [3.63, 3.8) is 0 Å². The fourth-order valence-corrected chi connectivity index (χ4v) is 2.51. The maximum absolute atomic E-state index is 11.8. The maximum Gasteiger partial charge on any atom is 0.262 e. The third kappa shape index (κ3) is 4.35. The second-order valence-electron chi connectivity index (χ2n) is 4.07. The molecule has 1 N–H and O–H groups in total. The lowest BCUT2D eigenvalue weighted by molar-refractivity contribution is 0.0905. The number of benzene rings is 1. The number of furan rings is 1. The van der Waals surface area contributed by atoms with Crippen molar-refractivity contribution in [3.8, 4) is 0 Å². The number of hydrogen-bond donors (Lipinski definition) is 1. The van der Waals surface area contributed by atoms with Crippen LogP contribution < -0.4 is 4.89 Å². The number of nitrogens with one attached hydrogen (secondary N) is 1. The van der Waals surface area contributed by atoms with Gasteiger partial charge in [0.15, 0.2) is 0 Å². The van der Waals surface area contributed by atoms with E-state index in [1.54, 1.807) is 12.3 Å². The van der Waals surface area contributed by atoms with Gasteiger partial charge in [0.2, 0.25) is 0 Å². The lowest BCUT2D eigenvalue weighted by atomic mass is 10.3. The summed E-state index contributed by atoms with van der Waals surface area (Å²) in [6.07, 6.45) is 2.94. The largest absolute Gasteiger partial charge is 0.469 e. The molecule has 0 radical (unpaired) electrons. The van der Waals surface area contributed by atoms with Crippen LogP contribution in [-0.4, -0.2) is 15.0 Å². The SMILES string of the molecule is O=S(=O)(NOCCCc1ccco1)c1ccc(Cl)cc1. The van der Waals surface area contributed by atoms with Crippen LogP contribution in [0.3, 0.4) is 0 Å². The van der Waals surface area contributed by atoms with Crippen LogP contribution in [0, 0.1) is 0 Å². The molecule has 0 aliphatic rings. The van der Waals surface area contributed by atoms with Crippen molar-refractivity contribution in [2.45, 2.75) is 17.7 Å². The predicted molar refractivity (Wildman–Crippen MR) is 74.8 cm³/mol. The molecule has 0 atom stereocenters. The third-order valence-corrected chi connectivity index (χ3v) is 4.02. The van der Waals surface area contributed by atoms with Crippen LogP contribution >= 0.6 is 11.6 Å². The molecule has 0 bridgehead atoms. The van der Waals surface area contributed by atoms with Crippen molar-refractivity contribution < 1.29 is 17.7 Å². The van der Waals surface area contributed by atoms with Gasteiger partial charge in [-0.05, 0) is 42.8 Å². The van der Waals surface area contributed by atoms with Gasteiger partial charge in [-0.25, -0.2) is 8.42 Å². The summed E-state index contributed by atoms with van der Waals surface area (Å²) in [6.45, 7) is 0.257. The van der Waals surface area contributed by atoms with E-state index in [9.17, 15) is 8.42 Å². The minimum Gasteiger partial charge on any atom is -0.469 e. The van der Waals surface area contributed by atoms with E-state index in [0.29, 0.717) is 17.9 Å². The molecule has 0 saturated carbocycles. The van der Waals surface area contributed by atoms with Gasteiger partial charge >= 0.3 is 0 Å². The van der Waals surface area contributed by atoms with Gasteiger partial charge < -0.3 is 4.42 Å². The van der Waals surface area contributed by atoms with Crippen molar-refractivity contribution in [1.29, 1.82) is 0 Å². The Hall–Kier alpha value is -1.34. The molecule has 1 aromatic carbocycles. The van der Waals surface area contributed by atoms with Crippen molar-refractivity contribution in [3.05, 3.63) is 53.4 Å². The molecule has 0 aliphatic carbocycles. The quantitative estimate of drug-likeness (QED) is 0.630. The van der Waals surface area contributed by atoms with E-state index < -0.39 is 10.0 Å². The van der Waals surface area contributed by atoms with E-state index in [-0.39, 0.29) is 11.5 Å². The lowest BCUT2D eigenvalue weighted by Crippen LogP contribution is -2.24. The van der Waals surface area contributed by atoms with Gasteiger partial charge in [-0.1, -0.05) is 16.5 Å². The van der Waals surface area contributed by atoms with Crippen molar-refractivity contribution in [1.82, 2.24) is 4.89 Å². The first-order valence-electron chi connectivity index (χ1n) is 5.99. The summed E-state index contributed by atoms with van der Waals surface area (Å²) in [6, 6.07) is 9.51. The van der Waals surface area contributed by atoms with E-state index >= 15 is 0 Å². The summed E-state index contributed by atoms with van der Waals surface area (Å²) in [5.74, 6) is 0.842. The highest BCUT2D eigenvalue weighted by atomic mass is 35.5. The summed E-state index contributed by atoms with van der Waals surface area (Å²) in [5, 5.41) is 0.475. The smallest absolute Gasteiger partial charge is 0.262 e. The fourth-order valence-electron chi connectivity index (χ4n) is 1.55. The number of hydrogen-bond acceptors (Lipinski definition) is 4. The zero-order chi connectivity index (χ0) is 14.4. The second kappa shape index (κ2) is 6.90. The Morgan fingerprint density at radius 1 is 1.20 bits per heavy atom. The Kier molecular flexibility index (Phi) is 5.19. The van der Waals surface area contributed by atoms with Crippen molar-refractivity contribution >= 4 is 21.6 Å². The van der Waals surface area contributed by atoms with Crippen LogP contribution in [0.4, 0.5) is 0 Å². The van der Waals surface area contributed by atoms with E-state index in [2.05, 4.69) is 4.89 Å². The van der Waals surface area contributed by atoms with Gasteiger partial charge in [0.1, 0.15) is 5.76 Å². The van der Waals surface area contributed by atoms with Crippen LogP contribution in [-0.2, 0) is 21.3 Å². The van der Waals surface area contributed by atoms with Gasteiger partial charge in [0.05, 0.1) is 17.8 Å². The van der Waals surface area contributed by atoms with E-state index in [1.165, 1.54) is 24.3 Å². The number of sulfonamides is 1. The number of rotatable bonds is 7. The van der Waals surface area contributed by atoms with E-state index in [1.807, 2.05) is 6.07 Å². The summed E-state index contributed by atoms with van der Waals surface area (Å²) >= 11 is 5.70. The molecule has 1 aromatic heterocycles. The van der Waals surface area contributed by atoms with Gasteiger partial charge in [-0.3, -0.25) is 4.84 Å². The highest BCUT2D eigenvalue weighted by molar-refractivity contribution is 7.89. The van der Waals surface area contributed by atoms with E-state index in [4.69, 9.17) is 20.9 Å². The lowest BCUT2D eigenvalue weighted by Gasteiger charge is -2.06. The zero-order valence-electron chi connectivity index (χ0n) is 10.6. The van der Waals surface area contributed by atoms with Crippen molar-refractivity contribution in [2.75, 3.05) is 6.61 Å². The zero-order valence-corrected chi connectivity index (χ0v) is 12.2. The van der Waals surface area contributed by atoms with Crippen LogP contribution in [0.1, 0.15) is 12.2 Å². The molecule has 0 unspecified atom stereocenters.